The van der Waals surface area contributed by atoms with Crippen LogP contribution >= 0.6 is 0 Å². The van der Waals surface area contributed by atoms with Gasteiger partial charge in [-0.1, -0.05) is 39.3 Å². The number of rotatable bonds is 2. The summed E-state index contributed by atoms with van der Waals surface area (Å²) in [5.41, 5.74) is 1.42. The molecule has 0 amide bonds. The highest BCUT2D eigenvalue weighted by atomic mass is 16.5. The molecule has 2 rings (SSSR count). The average Bonchev–Trinajstić information content (AvgIpc) is 3.18. The molecule has 1 aromatic rings. The molecule has 0 saturated heterocycles. The summed E-state index contributed by atoms with van der Waals surface area (Å²) in [6, 6.07) is 0. The van der Waals surface area contributed by atoms with E-state index >= 15 is 0 Å². The van der Waals surface area contributed by atoms with E-state index in [1.807, 2.05) is 26.8 Å². The van der Waals surface area contributed by atoms with Crippen molar-refractivity contribution >= 4 is 17.8 Å². The Morgan fingerprint density at radius 2 is 1.88 bits per heavy atom. The molecule has 1 aliphatic rings. The summed E-state index contributed by atoms with van der Waals surface area (Å²) in [4.78, 5) is 30.3. The Balaban J connectivity index is 2.33. The summed E-state index contributed by atoms with van der Waals surface area (Å²) >= 11 is 0. The molecular weight excluding hydrogens is 434 g/mol. The van der Waals surface area contributed by atoms with Gasteiger partial charge >= 0.3 is 5.97 Å². The van der Waals surface area contributed by atoms with Crippen molar-refractivity contribution < 1.29 is 29.0 Å². The smallest absolute Gasteiger partial charge is 0.309 e. The lowest BCUT2D eigenvalue weighted by Crippen LogP contribution is -2.45. The van der Waals surface area contributed by atoms with Crippen LogP contribution in [0.1, 0.15) is 85.2 Å². The third-order valence-electron chi connectivity index (χ3n) is 7.04. The SMILES string of the molecule is C/C1=C/C[C@@H](/C(C)=C/c2coc(C)n2)OC(=O)C[C@H](O)C(C)(C)C(=O)[C@H](C)C(O)[C@@H](C)CCC1. The number of aromatic nitrogens is 1. The maximum Gasteiger partial charge on any atom is 0.309 e. The van der Waals surface area contributed by atoms with Gasteiger partial charge in [-0.15, -0.1) is 0 Å². The number of aliphatic hydroxyl groups excluding tert-OH is 2. The average molecular weight is 476 g/mol. The van der Waals surface area contributed by atoms with E-state index in [9.17, 15) is 19.8 Å². The van der Waals surface area contributed by atoms with Crippen molar-refractivity contribution in [3.63, 3.8) is 0 Å². The van der Waals surface area contributed by atoms with Crippen LogP contribution in [0.4, 0.5) is 0 Å². The standard InChI is InChI=1S/C27H41NO6/c1-16-9-8-10-17(2)25(31)19(4)26(32)27(6,7)23(29)14-24(30)34-22(12-11-16)18(3)13-21-15-33-20(5)28-21/h11,13,15,17,19,22-23,25,29,31H,8-10,12,14H2,1-7H3/b16-11-,18-13+/t17-,19+,22-,23-,25?/m0/s1. The Kier molecular flexibility index (Phi) is 9.83. The molecular formula is C27H41NO6. The van der Waals surface area contributed by atoms with Crippen molar-refractivity contribution in [1.29, 1.82) is 0 Å². The number of hydrogen-bond acceptors (Lipinski definition) is 7. The predicted octanol–water partition coefficient (Wildman–Crippen LogP) is 4.80. The van der Waals surface area contributed by atoms with Crippen LogP contribution in [0, 0.1) is 24.2 Å². The highest BCUT2D eigenvalue weighted by Crippen LogP contribution is 2.32. The summed E-state index contributed by atoms with van der Waals surface area (Å²) < 4.78 is 11.0. The first-order chi connectivity index (χ1) is 15.8. The Labute approximate surface area is 203 Å². The van der Waals surface area contributed by atoms with E-state index in [1.165, 1.54) is 5.57 Å². The van der Waals surface area contributed by atoms with E-state index in [-0.39, 0.29) is 18.1 Å². The molecule has 0 saturated carbocycles. The molecule has 0 fully saturated rings. The number of esters is 1. The second-order valence-electron chi connectivity index (χ2n) is 10.4. The number of cyclic esters (lactones) is 1. The van der Waals surface area contributed by atoms with Crippen molar-refractivity contribution in [2.45, 2.75) is 98.9 Å². The fourth-order valence-corrected chi connectivity index (χ4v) is 4.40. The van der Waals surface area contributed by atoms with Gasteiger partial charge in [-0.05, 0) is 50.7 Å². The quantitative estimate of drug-likeness (QED) is 0.467. The summed E-state index contributed by atoms with van der Waals surface area (Å²) in [7, 11) is 0. The monoisotopic (exact) mass is 475 g/mol. The maximum atomic E-state index is 13.2. The Morgan fingerprint density at radius 1 is 1.21 bits per heavy atom. The summed E-state index contributed by atoms with van der Waals surface area (Å²) in [6.45, 7) is 12.6. The number of aryl methyl sites for hydroxylation is 1. The molecule has 1 aliphatic heterocycles. The number of hydrogen-bond donors (Lipinski definition) is 2. The van der Waals surface area contributed by atoms with E-state index in [4.69, 9.17) is 9.15 Å². The van der Waals surface area contributed by atoms with Crippen molar-refractivity contribution in [2.75, 3.05) is 0 Å². The zero-order chi connectivity index (χ0) is 25.6. The molecule has 0 bridgehead atoms. The number of nitrogens with zero attached hydrogens (tertiary/aromatic N) is 1. The molecule has 0 spiro atoms. The molecule has 7 nitrogen and oxygen atoms in total. The number of Topliss-reactive ketones (excluding diaryl/α,β-unsaturated/α-hetero) is 1. The van der Waals surface area contributed by atoms with Gasteiger partial charge in [-0.25, -0.2) is 4.98 Å². The van der Waals surface area contributed by atoms with Gasteiger partial charge in [0.2, 0.25) is 0 Å². The van der Waals surface area contributed by atoms with Crippen molar-refractivity contribution in [3.8, 4) is 0 Å². The minimum Gasteiger partial charge on any atom is -0.457 e. The lowest BCUT2D eigenvalue weighted by Gasteiger charge is -2.34. The van der Waals surface area contributed by atoms with E-state index in [0.29, 0.717) is 18.0 Å². The molecule has 34 heavy (non-hydrogen) atoms. The number of ether oxygens (including phenoxy) is 1. The van der Waals surface area contributed by atoms with Crippen LogP contribution in [0.2, 0.25) is 0 Å². The van der Waals surface area contributed by atoms with Crippen molar-refractivity contribution in [1.82, 2.24) is 4.98 Å². The molecule has 1 aromatic heterocycles. The third-order valence-corrected chi connectivity index (χ3v) is 7.04. The highest BCUT2D eigenvalue weighted by molar-refractivity contribution is 5.88. The molecule has 1 unspecified atom stereocenters. The van der Waals surface area contributed by atoms with E-state index in [1.54, 1.807) is 34.0 Å². The van der Waals surface area contributed by atoms with Gasteiger partial charge in [0.1, 0.15) is 23.8 Å². The molecule has 0 radical (unpaired) electrons. The first kappa shape index (κ1) is 28.0. The number of oxazole rings is 1. The Hall–Kier alpha value is -2.25. The van der Waals surface area contributed by atoms with E-state index < -0.39 is 35.6 Å². The van der Waals surface area contributed by atoms with Crippen LogP contribution in [0.5, 0.6) is 0 Å². The molecule has 190 valence electrons. The summed E-state index contributed by atoms with van der Waals surface area (Å²) in [5.74, 6) is -0.995. The number of ketones is 1. The molecule has 5 atom stereocenters. The van der Waals surface area contributed by atoms with Gasteiger partial charge in [0.05, 0.1) is 24.0 Å². The third kappa shape index (κ3) is 7.37. The summed E-state index contributed by atoms with van der Waals surface area (Å²) in [5, 5.41) is 21.6. The van der Waals surface area contributed by atoms with Gasteiger partial charge in [0, 0.05) is 19.3 Å². The lowest BCUT2D eigenvalue weighted by atomic mass is 9.73. The minimum atomic E-state index is -1.23. The van der Waals surface area contributed by atoms with Crippen LogP contribution < -0.4 is 0 Å². The van der Waals surface area contributed by atoms with E-state index in [2.05, 4.69) is 11.1 Å². The first-order valence-electron chi connectivity index (χ1n) is 12.2. The van der Waals surface area contributed by atoms with Gasteiger partial charge < -0.3 is 19.4 Å². The molecule has 2 heterocycles. The Morgan fingerprint density at radius 3 is 2.50 bits per heavy atom. The second kappa shape index (κ2) is 11.9. The van der Waals surface area contributed by atoms with Crippen molar-refractivity contribution in [2.24, 2.45) is 17.3 Å². The van der Waals surface area contributed by atoms with Crippen LogP contribution in [0.3, 0.4) is 0 Å². The normalized spacial score (nSPS) is 32.1. The predicted molar refractivity (Wildman–Crippen MR) is 131 cm³/mol. The second-order valence-corrected chi connectivity index (χ2v) is 10.4. The lowest BCUT2D eigenvalue weighted by molar-refractivity contribution is -0.154. The molecule has 2 N–H and O–H groups in total. The van der Waals surface area contributed by atoms with Crippen LogP contribution in [-0.2, 0) is 14.3 Å². The summed E-state index contributed by atoms with van der Waals surface area (Å²) in [6.07, 6.45) is 5.58. The van der Waals surface area contributed by atoms with Crippen molar-refractivity contribution in [3.05, 3.63) is 35.1 Å². The fourth-order valence-electron chi connectivity index (χ4n) is 4.40. The zero-order valence-electron chi connectivity index (χ0n) is 21.6. The number of carbonyl (C=O) groups excluding carboxylic acids is 2. The maximum absolute atomic E-state index is 13.2. The fraction of sp³-hybridized carbons (Fsp3) is 0.667. The van der Waals surface area contributed by atoms with Gasteiger partial charge in [0.25, 0.3) is 0 Å². The van der Waals surface area contributed by atoms with Crippen LogP contribution in [0.15, 0.2) is 27.9 Å². The van der Waals surface area contributed by atoms with E-state index in [0.717, 1.165) is 24.8 Å². The first-order valence-corrected chi connectivity index (χ1v) is 12.2. The van der Waals surface area contributed by atoms with Gasteiger partial charge in [0.15, 0.2) is 5.89 Å². The van der Waals surface area contributed by atoms with Gasteiger partial charge in [-0.3, -0.25) is 9.59 Å². The Bertz CT molecular complexity index is 912. The zero-order valence-corrected chi connectivity index (χ0v) is 21.6. The molecule has 0 aliphatic carbocycles. The number of carbonyl (C=O) groups is 2. The largest absolute Gasteiger partial charge is 0.457 e. The number of aliphatic hydroxyl groups is 2. The minimum absolute atomic E-state index is 0.0543. The number of allylic oxidation sites excluding steroid dienone is 1. The van der Waals surface area contributed by atoms with Gasteiger partial charge in [-0.2, -0.15) is 0 Å². The topological polar surface area (TPSA) is 110 Å². The van der Waals surface area contributed by atoms with Crippen LogP contribution in [-0.4, -0.2) is 45.3 Å². The molecule has 7 heteroatoms. The molecule has 0 aromatic carbocycles. The van der Waals surface area contributed by atoms with Crippen LogP contribution in [0.25, 0.3) is 6.08 Å². The highest BCUT2D eigenvalue weighted by Gasteiger charge is 2.42.